The highest BCUT2D eigenvalue weighted by Crippen LogP contribution is 2.14. The predicted molar refractivity (Wildman–Crippen MR) is 140 cm³/mol. The van der Waals surface area contributed by atoms with Gasteiger partial charge in [0.05, 0.1) is 6.61 Å². The van der Waals surface area contributed by atoms with Gasteiger partial charge in [-0.25, -0.2) is 4.79 Å². The van der Waals surface area contributed by atoms with Gasteiger partial charge in [0, 0.05) is 18.3 Å². The van der Waals surface area contributed by atoms with E-state index >= 15 is 0 Å². The van der Waals surface area contributed by atoms with Crippen molar-refractivity contribution in [2.24, 2.45) is 0 Å². The molecule has 180 valence electrons. The average Bonchev–Trinajstić information content (AvgIpc) is 2.80. The molecule has 0 fully saturated rings. The number of carbonyl (C=O) groups excluding carboxylic acids is 1. The van der Waals surface area contributed by atoms with Gasteiger partial charge in [-0.05, 0) is 31.0 Å². The highest BCUT2D eigenvalue weighted by molar-refractivity contribution is 5.82. The number of nitrogens with one attached hydrogen (secondary N) is 1. The van der Waals surface area contributed by atoms with Crippen molar-refractivity contribution in [2.75, 3.05) is 18.5 Å². The molecule has 3 heteroatoms. The van der Waals surface area contributed by atoms with Crippen LogP contribution in [0.1, 0.15) is 109 Å². The number of unbranched alkanes of at least 4 members (excludes halogenated alkanes) is 13. The van der Waals surface area contributed by atoms with Crippen LogP contribution in [0.5, 0.6) is 0 Å². The van der Waals surface area contributed by atoms with Crippen LogP contribution in [0.3, 0.4) is 0 Å². The normalized spacial score (nSPS) is 11.4. The molecule has 0 atom stereocenters. The van der Waals surface area contributed by atoms with Crippen molar-refractivity contribution in [3.8, 4) is 0 Å². The number of anilines is 1. The summed E-state index contributed by atoms with van der Waals surface area (Å²) in [7, 11) is 0. The van der Waals surface area contributed by atoms with Crippen LogP contribution in [-0.2, 0) is 9.53 Å². The first-order chi connectivity index (χ1) is 15.8. The molecule has 0 saturated heterocycles. The Labute approximate surface area is 197 Å². The van der Waals surface area contributed by atoms with E-state index in [9.17, 15) is 4.79 Å². The van der Waals surface area contributed by atoms with Crippen molar-refractivity contribution in [1.82, 2.24) is 0 Å². The summed E-state index contributed by atoms with van der Waals surface area (Å²) >= 11 is 0. The molecule has 0 aliphatic rings. The summed E-state index contributed by atoms with van der Waals surface area (Å²) in [5, 5.41) is 3.51. The maximum absolute atomic E-state index is 11.2. The first-order valence-electron chi connectivity index (χ1n) is 13.1. The maximum atomic E-state index is 11.2. The Morgan fingerprint density at radius 2 is 1.28 bits per heavy atom. The molecule has 0 unspecified atom stereocenters. The van der Waals surface area contributed by atoms with E-state index in [1.165, 1.54) is 102 Å². The van der Waals surface area contributed by atoms with E-state index in [1.807, 2.05) is 12.2 Å². The summed E-state index contributed by atoms with van der Waals surface area (Å²) in [6.45, 7) is 5.53. The van der Waals surface area contributed by atoms with Crippen molar-refractivity contribution in [2.45, 2.75) is 104 Å². The molecule has 0 aliphatic heterocycles. The number of allylic oxidation sites excluding steroid dienone is 2. The Balaban J connectivity index is 1.96. The zero-order chi connectivity index (χ0) is 23.1. The molecule has 1 aromatic carbocycles. The molecule has 1 aromatic rings. The molecule has 0 bridgehead atoms. The highest BCUT2D eigenvalue weighted by atomic mass is 16.5. The number of benzene rings is 1. The molecular weight excluding hydrogens is 394 g/mol. The van der Waals surface area contributed by atoms with Gasteiger partial charge in [0.1, 0.15) is 0 Å². The topological polar surface area (TPSA) is 38.3 Å². The molecule has 3 nitrogen and oxygen atoms in total. The third-order valence-electron chi connectivity index (χ3n) is 5.69. The van der Waals surface area contributed by atoms with Gasteiger partial charge in [0.25, 0.3) is 0 Å². The van der Waals surface area contributed by atoms with Crippen LogP contribution in [-0.4, -0.2) is 19.1 Å². The lowest BCUT2D eigenvalue weighted by atomic mass is 10.0. The number of hydrogen-bond donors (Lipinski definition) is 1. The molecule has 0 saturated carbocycles. The lowest BCUT2D eigenvalue weighted by molar-refractivity contribution is -0.137. The van der Waals surface area contributed by atoms with E-state index in [1.54, 1.807) is 13.0 Å². The van der Waals surface area contributed by atoms with Gasteiger partial charge in [0.15, 0.2) is 0 Å². The average molecular weight is 442 g/mol. The second-order valence-electron chi connectivity index (χ2n) is 8.62. The lowest BCUT2D eigenvalue weighted by Gasteiger charge is -2.07. The SMILES string of the molecule is CCCCCCCCCCCCCCCCNc1ccc(/C=C/C=C/C(=O)OCC)cc1. The smallest absolute Gasteiger partial charge is 0.330 e. The number of esters is 1. The van der Waals surface area contributed by atoms with Crippen LogP contribution in [0.4, 0.5) is 5.69 Å². The Hall–Kier alpha value is -2.03. The quantitative estimate of drug-likeness (QED) is 0.0951. The number of ether oxygens (including phenoxy) is 1. The Morgan fingerprint density at radius 3 is 1.81 bits per heavy atom. The van der Waals surface area contributed by atoms with Gasteiger partial charge in [-0.1, -0.05) is 121 Å². The summed E-state index contributed by atoms with van der Waals surface area (Å²) in [5.41, 5.74) is 2.28. The zero-order valence-corrected chi connectivity index (χ0v) is 20.7. The number of hydrogen-bond acceptors (Lipinski definition) is 3. The van der Waals surface area contributed by atoms with Crippen LogP contribution in [0.25, 0.3) is 6.08 Å². The molecule has 1 N–H and O–H groups in total. The van der Waals surface area contributed by atoms with Crippen molar-refractivity contribution in [1.29, 1.82) is 0 Å². The lowest BCUT2D eigenvalue weighted by Crippen LogP contribution is -2.01. The van der Waals surface area contributed by atoms with Gasteiger partial charge in [-0.3, -0.25) is 0 Å². The maximum Gasteiger partial charge on any atom is 0.330 e. The standard InChI is InChI=1S/C29H47NO2/c1-3-5-6-7-8-9-10-11-12-13-14-15-16-19-26-30-28-24-22-27(23-25-28)20-17-18-21-29(31)32-4-2/h17-18,20-25,30H,3-16,19,26H2,1-2H3/b20-17+,21-18+. The Kier molecular flexibility index (Phi) is 18.2. The minimum absolute atomic E-state index is 0.305. The summed E-state index contributed by atoms with van der Waals surface area (Å²) in [6, 6.07) is 8.39. The van der Waals surface area contributed by atoms with Gasteiger partial charge >= 0.3 is 5.97 Å². The second kappa shape index (κ2) is 20.8. The van der Waals surface area contributed by atoms with Crippen LogP contribution in [0.2, 0.25) is 0 Å². The van der Waals surface area contributed by atoms with Crippen LogP contribution < -0.4 is 5.32 Å². The van der Waals surface area contributed by atoms with E-state index in [-0.39, 0.29) is 5.97 Å². The van der Waals surface area contributed by atoms with Crippen molar-refractivity contribution >= 4 is 17.7 Å². The fourth-order valence-electron chi connectivity index (χ4n) is 3.76. The number of carbonyl (C=O) groups is 1. The summed E-state index contributed by atoms with van der Waals surface area (Å²) in [5.74, 6) is -0.305. The fourth-order valence-corrected chi connectivity index (χ4v) is 3.76. The van der Waals surface area contributed by atoms with Crippen LogP contribution >= 0.6 is 0 Å². The van der Waals surface area contributed by atoms with Gasteiger partial charge < -0.3 is 10.1 Å². The van der Waals surface area contributed by atoms with Gasteiger partial charge in [-0.2, -0.15) is 0 Å². The minimum atomic E-state index is -0.305. The molecule has 0 amide bonds. The van der Waals surface area contributed by atoms with Crippen molar-refractivity contribution in [3.63, 3.8) is 0 Å². The molecule has 1 rings (SSSR count). The summed E-state index contributed by atoms with van der Waals surface area (Å²) < 4.78 is 4.85. The Morgan fingerprint density at radius 1 is 0.750 bits per heavy atom. The van der Waals surface area contributed by atoms with Crippen LogP contribution in [0.15, 0.2) is 42.5 Å². The zero-order valence-electron chi connectivity index (χ0n) is 20.7. The van der Waals surface area contributed by atoms with E-state index < -0.39 is 0 Å². The highest BCUT2D eigenvalue weighted by Gasteiger charge is 1.96. The molecule has 0 spiro atoms. The predicted octanol–water partition coefficient (Wildman–Crippen LogP) is 8.71. The largest absolute Gasteiger partial charge is 0.463 e. The summed E-state index contributed by atoms with van der Waals surface area (Å²) in [6.07, 6.45) is 26.5. The van der Waals surface area contributed by atoms with Crippen molar-refractivity contribution in [3.05, 3.63) is 48.1 Å². The molecule has 0 heterocycles. The van der Waals surface area contributed by atoms with E-state index in [0.717, 1.165) is 12.1 Å². The molecule has 32 heavy (non-hydrogen) atoms. The van der Waals surface area contributed by atoms with E-state index in [2.05, 4.69) is 36.5 Å². The van der Waals surface area contributed by atoms with E-state index in [0.29, 0.717) is 6.61 Å². The number of rotatable bonds is 20. The molecule has 0 aromatic heterocycles. The minimum Gasteiger partial charge on any atom is -0.463 e. The fraction of sp³-hybridized carbons (Fsp3) is 0.621. The summed E-state index contributed by atoms with van der Waals surface area (Å²) in [4.78, 5) is 11.2. The third-order valence-corrected chi connectivity index (χ3v) is 5.69. The van der Waals surface area contributed by atoms with Gasteiger partial charge in [0.2, 0.25) is 0 Å². The molecule has 0 aliphatic carbocycles. The first kappa shape index (κ1) is 28.0. The van der Waals surface area contributed by atoms with Crippen LogP contribution in [0, 0.1) is 0 Å². The molecule has 0 radical (unpaired) electrons. The Bertz CT molecular complexity index is 619. The van der Waals surface area contributed by atoms with E-state index in [4.69, 9.17) is 4.74 Å². The second-order valence-corrected chi connectivity index (χ2v) is 8.62. The van der Waals surface area contributed by atoms with Gasteiger partial charge in [-0.15, -0.1) is 0 Å². The molecular formula is C29H47NO2. The third kappa shape index (κ3) is 16.6. The first-order valence-corrected chi connectivity index (χ1v) is 13.1. The monoisotopic (exact) mass is 441 g/mol. The van der Waals surface area contributed by atoms with Crippen molar-refractivity contribution < 1.29 is 9.53 Å².